The highest BCUT2D eigenvalue weighted by Gasteiger charge is 2.24. The first-order valence-electron chi connectivity index (χ1n) is 19.6. The van der Waals surface area contributed by atoms with Crippen molar-refractivity contribution in [1.29, 1.82) is 0 Å². The van der Waals surface area contributed by atoms with Crippen LogP contribution >= 0.6 is 0 Å². The first-order valence-corrected chi connectivity index (χ1v) is 19.6. The summed E-state index contributed by atoms with van der Waals surface area (Å²) in [4.78, 5) is 54.0. The molecule has 4 aromatic rings. The van der Waals surface area contributed by atoms with Crippen LogP contribution in [0.2, 0.25) is 0 Å². The summed E-state index contributed by atoms with van der Waals surface area (Å²) >= 11 is 0. The molecular weight excluding hydrogens is 665 g/mol. The van der Waals surface area contributed by atoms with Gasteiger partial charge in [-0.2, -0.15) is 0 Å². The Kier molecular flexibility index (Phi) is 13.3. The molecule has 286 valence electrons. The molecule has 10 heteroatoms. The van der Waals surface area contributed by atoms with Crippen molar-refractivity contribution in [2.24, 2.45) is 11.8 Å². The zero-order valence-corrected chi connectivity index (χ0v) is 33.1. The molecular formula is C43H60N6O4. The number of carbonyl (C=O) groups excluding carboxylic acids is 2. The summed E-state index contributed by atoms with van der Waals surface area (Å²) in [5.74, 6) is 0.451. The molecule has 3 N–H and O–H groups in total. The number of fused-ring (bicyclic) bond motifs is 2. The topological polar surface area (TPSA) is 117 Å². The van der Waals surface area contributed by atoms with E-state index in [9.17, 15) is 19.2 Å². The number of nitrogens with zero attached hydrogens (tertiary/aromatic N) is 3. The molecule has 2 aromatic heterocycles. The van der Waals surface area contributed by atoms with Crippen molar-refractivity contribution in [2.75, 3.05) is 39.3 Å². The van der Waals surface area contributed by atoms with Gasteiger partial charge in [-0.15, -0.1) is 0 Å². The first kappa shape index (κ1) is 39.9. The van der Waals surface area contributed by atoms with Gasteiger partial charge < -0.3 is 30.0 Å². The summed E-state index contributed by atoms with van der Waals surface area (Å²) in [6.45, 7) is 21.8. The van der Waals surface area contributed by atoms with Gasteiger partial charge >= 0.3 is 0 Å². The Morgan fingerprint density at radius 1 is 0.660 bits per heavy atom. The molecule has 0 radical (unpaired) electrons. The number of rotatable bonds is 9. The van der Waals surface area contributed by atoms with Crippen molar-refractivity contribution >= 4 is 33.6 Å². The minimum atomic E-state index is -0.261. The highest BCUT2D eigenvalue weighted by Crippen LogP contribution is 2.23. The average Bonchev–Trinajstić information content (AvgIpc) is 3.13. The lowest BCUT2D eigenvalue weighted by Gasteiger charge is -2.34. The lowest BCUT2D eigenvalue weighted by Crippen LogP contribution is -2.42. The van der Waals surface area contributed by atoms with Gasteiger partial charge in [-0.3, -0.25) is 19.2 Å². The van der Waals surface area contributed by atoms with E-state index in [1.807, 2.05) is 77.9 Å². The molecule has 0 saturated carbocycles. The molecule has 4 heterocycles. The van der Waals surface area contributed by atoms with Gasteiger partial charge in [-0.05, 0) is 154 Å². The Labute approximate surface area is 314 Å². The number of amides is 2. The van der Waals surface area contributed by atoms with Crippen LogP contribution in [-0.2, 0) is 0 Å². The molecule has 0 unspecified atom stereocenters. The quantitative estimate of drug-likeness (QED) is 0.185. The number of benzene rings is 2. The third-order valence-corrected chi connectivity index (χ3v) is 11.1. The number of pyridine rings is 2. The second kappa shape index (κ2) is 17.7. The molecule has 0 spiro atoms. The highest BCUT2D eigenvalue weighted by atomic mass is 16.2. The Morgan fingerprint density at radius 3 is 1.47 bits per heavy atom. The number of aryl methyl sites for hydroxylation is 2. The van der Waals surface area contributed by atoms with Crippen molar-refractivity contribution in [3.05, 3.63) is 91.5 Å². The summed E-state index contributed by atoms with van der Waals surface area (Å²) in [5.41, 5.74) is 3.98. The molecule has 10 nitrogen and oxygen atoms in total. The maximum atomic E-state index is 13.0. The predicted octanol–water partition coefficient (Wildman–Crippen LogP) is 6.36. The number of piperidine rings is 2. The summed E-state index contributed by atoms with van der Waals surface area (Å²) < 4.78 is 3.46. The van der Waals surface area contributed by atoms with Crippen molar-refractivity contribution in [3.63, 3.8) is 0 Å². The molecule has 2 aliphatic rings. The number of hydrogen-bond acceptors (Lipinski definition) is 6. The Morgan fingerprint density at radius 2 is 1.08 bits per heavy atom. The standard InChI is InChI=1S/C23H33N3O2.C20H27N3O2/c1-15(2)25-11-9-18(10-12-25)14-24-22(27)20-13-19-17(5)7-6-8-21(19)26(16(3)4)23(20)28;1-13(2)23-18-6-4-5-14(3)16(18)11-17(20(23)25)19(24)22-12-15-7-9-21-10-8-15/h6-8,13,15-16,18H,9-12,14H2,1-5H3,(H,24,27);4-6,11,13,15,21H,7-10,12H2,1-3H3,(H,22,24). The SMILES string of the molecule is Cc1cccc2c1cc(C(=O)NCC1CCN(C(C)C)CC1)c(=O)n2C(C)C.Cc1cccc2c1cc(C(=O)NCC1CCNCC1)c(=O)n2C(C)C. The molecule has 2 amide bonds. The van der Waals surface area contributed by atoms with Crippen LogP contribution in [0.4, 0.5) is 0 Å². The van der Waals surface area contributed by atoms with Gasteiger partial charge in [0.2, 0.25) is 0 Å². The Hall–Kier alpha value is -4.28. The largest absolute Gasteiger partial charge is 0.352 e. The van der Waals surface area contributed by atoms with E-state index in [0.29, 0.717) is 31.0 Å². The molecule has 6 rings (SSSR count). The lowest BCUT2D eigenvalue weighted by molar-refractivity contribution is 0.0924. The molecule has 2 aromatic carbocycles. The minimum Gasteiger partial charge on any atom is -0.352 e. The molecule has 2 saturated heterocycles. The van der Waals surface area contributed by atoms with E-state index in [4.69, 9.17) is 0 Å². The van der Waals surface area contributed by atoms with Crippen LogP contribution in [0.15, 0.2) is 58.1 Å². The molecule has 2 fully saturated rings. The predicted molar refractivity (Wildman–Crippen MR) is 216 cm³/mol. The van der Waals surface area contributed by atoms with Crippen LogP contribution in [0.5, 0.6) is 0 Å². The molecule has 0 atom stereocenters. The Bertz CT molecular complexity index is 2030. The van der Waals surface area contributed by atoms with Crippen LogP contribution in [0, 0.1) is 25.7 Å². The van der Waals surface area contributed by atoms with E-state index in [2.05, 4.69) is 34.7 Å². The van der Waals surface area contributed by atoms with E-state index in [0.717, 1.165) is 84.8 Å². The fourth-order valence-corrected chi connectivity index (χ4v) is 7.79. The minimum absolute atomic E-state index is 0.00558. The van der Waals surface area contributed by atoms with Crippen LogP contribution in [0.3, 0.4) is 0 Å². The van der Waals surface area contributed by atoms with Crippen LogP contribution < -0.4 is 27.1 Å². The number of hydrogen-bond donors (Lipinski definition) is 3. The molecule has 0 bridgehead atoms. The van der Waals surface area contributed by atoms with Crippen molar-refractivity contribution in [3.8, 4) is 0 Å². The second-order valence-electron chi connectivity index (χ2n) is 15.9. The van der Waals surface area contributed by atoms with Gasteiger partial charge in [0.1, 0.15) is 11.1 Å². The zero-order valence-electron chi connectivity index (χ0n) is 33.1. The molecule has 2 aliphatic heterocycles. The third kappa shape index (κ3) is 9.27. The van der Waals surface area contributed by atoms with E-state index < -0.39 is 0 Å². The van der Waals surface area contributed by atoms with Gasteiger partial charge in [0.05, 0.1) is 11.0 Å². The Balaban J connectivity index is 0.000000206. The fraction of sp³-hybridized carbons (Fsp3) is 0.535. The van der Waals surface area contributed by atoms with E-state index >= 15 is 0 Å². The lowest BCUT2D eigenvalue weighted by atomic mass is 9.96. The number of carbonyl (C=O) groups is 2. The van der Waals surface area contributed by atoms with Gasteiger partial charge in [0.15, 0.2) is 0 Å². The number of nitrogens with one attached hydrogen (secondary N) is 3. The van der Waals surface area contributed by atoms with E-state index in [1.54, 1.807) is 21.3 Å². The zero-order chi connectivity index (χ0) is 38.4. The summed E-state index contributed by atoms with van der Waals surface area (Å²) in [7, 11) is 0. The van der Waals surface area contributed by atoms with Crippen molar-refractivity contribution in [1.82, 2.24) is 30.0 Å². The smallest absolute Gasteiger partial charge is 0.264 e. The van der Waals surface area contributed by atoms with E-state index in [1.165, 1.54) is 0 Å². The highest BCUT2D eigenvalue weighted by molar-refractivity contribution is 5.99. The normalized spacial score (nSPS) is 16.0. The van der Waals surface area contributed by atoms with Crippen LogP contribution in [0.1, 0.15) is 111 Å². The van der Waals surface area contributed by atoms with E-state index in [-0.39, 0.29) is 46.1 Å². The fourth-order valence-electron chi connectivity index (χ4n) is 7.79. The second-order valence-corrected chi connectivity index (χ2v) is 15.9. The summed E-state index contributed by atoms with van der Waals surface area (Å²) in [5, 5.41) is 11.3. The first-order chi connectivity index (χ1) is 25.3. The number of aromatic nitrogens is 2. The van der Waals surface area contributed by atoms with Crippen LogP contribution in [-0.4, -0.2) is 71.2 Å². The van der Waals surface area contributed by atoms with Gasteiger partial charge in [0.25, 0.3) is 22.9 Å². The van der Waals surface area contributed by atoms with Gasteiger partial charge in [-0.25, -0.2) is 0 Å². The maximum absolute atomic E-state index is 13.0. The van der Waals surface area contributed by atoms with Crippen molar-refractivity contribution in [2.45, 2.75) is 99.2 Å². The van der Waals surface area contributed by atoms with Crippen LogP contribution in [0.25, 0.3) is 21.8 Å². The maximum Gasteiger partial charge on any atom is 0.264 e. The summed E-state index contributed by atoms with van der Waals surface area (Å²) in [6.07, 6.45) is 4.30. The van der Waals surface area contributed by atoms with Gasteiger partial charge in [-0.1, -0.05) is 24.3 Å². The molecule has 53 heavy (non-hydrogen) atoms. The summed E-state index contributed by atoms with van der Waals surface area (Å²) in [6, 6.07) is 15.9. The van der Waals surface area contributed by atoms with Crippen molar-refractivity contribution < 1.29 is 9.59 Å². The third-order valence-electron chi connectivity index (χ3n) is 11.1. The monoisotopic (exact) mass is 724 g/mol. The van der Waals surface area contributed by atoms with Gasteiger partial charge in [0, 0.05) is 42.0 Å². The number of likely N-dealkylation sites (tertiary alicyclic amines) is 1. The average molecular weight is 725 g/mol. The molecule has 0 aliphatic carbocycles.